The molecule has 3 rings (SSSR count). The van der Waals surface area contributed by atoms with Gasteiger partial charge in [-0.15, -0.1) is 0 Å². The molecule has 0 spiro atoms. The number of hydrogen-bond acceptors (Lipinski definition) is 2. The monoisotopic (exact) mass is 358 g/mol. The Labute approximate surface area is 159 Å². The van der Waals surface area contributed by atoms with Gasteiger partial charge >= 0.3 is 0 Å². The molecule has 0 unspecified atom stereocenters. The fourth-order valence-electron chi connectivity index (χ4n) is 2.96. The first-order valence-electron chi connectivity index (χ1n) is 8.88. The molecule has 0 aliphatic heterocycles. The predicted octanol–water partition coefficient (Wildman–Crippen LogP) is 3.88. The topological polar surface area (TPSA) is 58.2 Å². The van der Waals surface area contributed by atoms with Crippen LogP contribution in [0.15, 0.2) is 84.9 Å². The van der Waals surface area contributed by atoms with E-state index in [9.17, 15) is 9.59 Å². The zero-order chi connectivity index (χ0) is 19.1. The number of amides is 2. The molecule has 4 heteroatoms. The summed E-state index contributed by atoms with van der Waals surface area (Å²) in [5.74, 6) is -0.913. The number of hydrogen-bond donors (Lipinski definition) is 2. The molecule has 136 valence electrons. The Balaban J connectivity index is 1.70. The minimum Gasteiger partial charge on any atom is -0.346 e. The van der Waals surface area contributed by atoms with Crippen molar-refractivity contribution in [3.8, 4) is 0 Å². The van der Waals surface area contributed by atoms with Crippen LogP contribution in [0.2, 0.25) is 0 Å². The number of carbonyl (C=O) groups excluding carboxylic acids is 2. The van der Waals surface area contributed by atoms with E-state index in [2.05, 4.69) is 10.6 Å². The quantitative estimate of drug-likeness (QED) is 0.702. The van der Waals surface area contributed by atoms with Gasteiger partial charge in [0, 0.05) is 5.69 Å². The maximum absolute atomic E-state index is 12.9. The third kappa shape index (κ3) is 4.82. The zero-order valence-corrected chi connectivity index (χ0v) is 15.2. The van der Waals surface area contributed by atoms with Crippen molar-refractivity contribution >= 4 is 17.5 Å². The fourth-order valence-corrected chi connectivity index (χ4v) is 2.96. The van der Waals surface area contributed by atoms with E-state index in [0.29, 0.717) is 0 Å². The van der Waals surface area contributed by atoms with Gasteiger partial charge in [-0.25, -0.2) is 0 Å². The molecule has 0 aromatic heterocycles. The Kier molecular flexibility index (Phi) is 6.00. The number of carbonyl (C=O) groups is 2. The molecule has 0 bridgehead atoms. The molecule has 3 aromatic carbocycles. The lowest BCUT2D eigenvalue weighted by Gasteiger charge is -2.18. The maximum Gasteiger partial charge on any atom is 0.243 e. The molecule has 0 saturated heterocycles. The first-order chi connectivity index (χ1) is 13.1. The van der Waals surface area contributed by atoms with Gasteiger partial charge in [0.25, 0.3) is 0 Å². The van der Waals surface area contributed by atoms with Crippen LogP contribution < -0.4 is 10.6 Å². The summed E-state index contributed by atoms with van der Waals surface area (Å²) in [5.41, 5.74) is 3.50. The van der Waals surface area contributed by atoms with E-state index in [1.165, 1.54) is 0 Å². The average molecular weight is 358 g/mol. The van der Waals surface area contributed by atoms with Crippen LogP contribution in [0.4, 0.5) is 5.69 Å². The lowest BCUT2D eigenvalue weighted by molar-refractivity contribution is -0.124. The van der Waals surface area contributed by atoms with Gasteiger partial charge in [-0.05, 0) is 29.7 Å². The lowest BCUT2D eigenvalue weighted by Crippen LogP contribution is -2.36. The zero-order valence-electron chi connectivity index (χ0n) is 15.2. The summed E-state index contributed by atoms with van der Waals surface area (Å²) in [6.07, 6.45) is 0. The van der Waals surface area contributed by atoms with E-state index >= 15 is 0 Å². The smallest absolute Gasteiger partial charge is 0.243 e. The molecule has 3 aromatic rings. The second kappa shape index (κ2) is 8.81. The Morgan fingerprint density at radius 1 is 0.778 bits per heavy atom. The highest BCUT2D eigenvalue weighted by molar-refractivity contribution is 5.96. The number of rotatable bonds is 6. The molecule has 0 aliphatic rings. The summed E-state index contributed by atoms with van der Waals surface area (Å²) in [5, 5.41) is 5.60. The Morgan fingerprint density at radius 2 is 1.30 bits per heavy atom. The molecule has 27 heavy (non-hydrogen) atoms. The van der Waals surface area contributed by atoms with Crippen molar-refractivity contribution in [3.63, 3.8) is 0 Å². The molecule has 0 atom stereocenters. The molecule has 2 amide bonds. The van der Waals surface area contributed by atoms with E-state index < -0.39 is 5.92 Å². The molecule has 0 radical (unpaired) electrons. The second-order valence-electron chi connectivity index (χ2n) is 6.34. The highest BCUT2D eigenvalue weighted by atomic mass is 16.2. The Morgan fingerprint density at radius 3 is 1.85 bits per heavy atom. The van der Waals surface area contributed by atoms with E-state index in [-0.39, 0.29) is 18.4 Å². The van der Waals surface area contributed by atoms with Gasteiger partial charge in [0.15, 0.2) is 0 Å². The highest BCUT2D eigenvalue weighted by Gasteiger charge is 2.22. The van der Waals surface area contributed by atoms with Gasteiger partial charge in [-0.3, -0.25) is 9.59 Å². The van der Waals surface area contributed by atoms with E-state index in [4.69, 9.17) is 0 Å². The number of aryl methyl sites for hydroxylation is 1. The lowest BCUT2D eigenvalue weighted by atomic mass is 9.90. The van der Waals surface area contributed by atoms with Gasteiger partial charge in [0.05, 0.1) is 12.5 Å². The molecule has 0 aliphatic carbocycles. The normalized spacial score (nSPS) is 10.4. The highest BCUT2D eigenvalue weighted by Crippen LogP contribution is 2.24. The summed E-state index contributed by atoms with van der Waals surface area (Å²) in [7, 11) is 0. The van der Waals surface area contributed by atoms with E-state index in [1.807, 2.05) is 91.9 Å². The van der Waals surface area contributed by atoms with Crippen LogP contribution in [0.25, 0.3) is 0 Å². The average Bonchev–Trinajstić information content (AvgIpc) is 2.70. The fraction of sp³-hybridized carbons (Fsp3) is 0.130. The van der Waals surface area contributed by atoms with Crippen molar-refractivity contribution in [2.75, 3.05) is 11.9 Å². The van der Waals surface area contributed by atoms with Crippen LogP contribution in [-0.2, 0) is 9.59 Å². The van der Waals surface area contributed by atoms with Crippen molar-refractivity contribution in [3.05, 3.63) is 102 Å². The van der Waals surface area contributed by atoms with Gasteiger partial charge in [0.1, 0.15) is 0 Å². The summed E-state index contributed by atoms with van der Waals surface area (Å²) in [6.45, 7) is 1.85. The van der Waals surface area contributed by atoms with Gasteiger partial charge in [0.2, 0.25) is 11.8 Å². The standard InChI is InChI=1S/C23H22N2O2/c1-17-10-8-9-15-20(17)25-21(26)16-24-23(27)22(18-11-4-2-5-12-18)19-13-6-3-7-14-19/h2-15,22H,16H2,1H3,(H,24,27)(H,25,26). The minimum absolute atomic E-state index is 0.0800. The van der Waals surface area contributed by atoms with Crippen LogP contribution in [0.3, 0.4) is 0 Å². The van der Waals surface area contributed by atoms with Crippen LogP contribution in [0.5, 0.6) is 0 Å². The summed E-state index contributed by atoms with van der Waals surface area (Å²) < 4.78 is 0. The third-order valence-electron chi connectivity index (χ3n) is 4.37. The summed E-state index contributed by atoms with van der Waals surface area (Å²) in [6, 6.07) is 26.7. The van der Waals surface area contributed by atoms with Crippen LogP contribution >= 0.6 is 0 Å². The number of para-hydroxylation sites is 1. The van der Waals surface area contributed by atoms with Crippen LogP contribution in [-0.4, -0.2) is 18.4 Å². The van der Waals surface area contributed by atoms with Crippen LogP contribution in [0, 0.1) is 6.92 Å². The van der Waals surface area contributed by atoms with Gasteiger partial charge < -0.3 is 10.6 Å². The molecular formula is C23H22N2O2. The Hall–Kier alpha value is -3.40. The van der Waals surface area contributed by atoms with Crippen molar-refractivity contribution in [2.24, 2.45) is 0 Å². The maximum atomic E-state index is 12.9. The van der Waals surface area contributed by atoms with Crippen molar-refractivity contribution in [2.45, 2.75) is 12.8 Å². The molecule has 4 nitrogen and oxygen atoms in total. The van der Waals surface area contributed by atoms with Crippen molar-refractivity contribution in [1.82, 2.24) is 5.32 Å². The first-order valence-corrected chi connectivity index (χ1v) is 8.88. The molecule has 2 N–H and O–H groups in total. The largest absolute Gasteiger partial charge is 0.346 e. The van der Waals surface area contributed by atoms with E-state index in [0.717, 1.165) is 22.4 Å². The number of nitrogens with one attached hydrogen (secondary N) is 2. The molecule has 0 saturated carbocycles. The van der Waals surface area contributed by atoms with Gasteiger partial charge in [-0.2, -0.15) is 0 Å². The van der Waals surface area contributed by atoms with Crippen molar-refractivity contribution in [1.29, 1.82) is 0 Å². The summed E-state index contributed by atoms with van der Waals surface area (Å²) in [4.78, 5) is 25.1. The molecule has 0 fully saturated rings. The number of benzene rings is 3. The van der Waals surface area contributed by atoms with Gasteiger partial charge in [-0.1, -0.05) is 78.9 Å². The second-order valence-corrected chi connectivity index (χ2v) is 6.34. The first kappa shape index (κ1) is 18.4. The molecule has 0 heterocycles. The van der Waals surface area contributed by atoms with E-state index in [1.54, 1.807) is 0 Å². The van der Waals surface area contributed by atoms with Crippen LogP contribution in [0.1, 0.15) is 22.6 Å². The summed E-state index contributed by atoms with van der Waals surface area (Å²) >= 11 is 0. The third-order valence-corrected chi connectivity index (χ3v) is 4.37. The van der Waals surface area contributed by atoms with Crippen molar-refractivity contribution < 1.29 is 9.59 Å². The Bertz CT molecular complexity index is 868. The predicted molar refractivity (Wildman–Crippen MR) is 108 cm³/mol. The SMILES string of the molecule is Cc1ccccc1NC(=O)CNC(=O)C(c1ccccc1)c1ccccc1. The number of anilines is 1. The minimum atomic E-state index is -0.460. The molecular weight excluding hydrogens is 336 g/mol.